The van der Waals surface area contributed by atoms with E-state index in [4.69, 9.17) is 5.73 Å². The summed E-state index contributed by atoms with van der Waals surface area (Å²) in [7, 11) is 0. The number of pyridine rings is 1. The first-order valence-electron chi connectivity index (χ1n) is 7.77. The first-order valence-corrected chi connectivity index (χ1v) is 7.77. The highest BCUT2D eigenvalue weighted by Gasteiger charge is 2.20. The van der Waals surface area contributed by atoms with Crippen molar-refractivity contribution < 1.29 is 14.8 Å². The zero-order chi connectivity index (χ0) is 18.8. The molecular weight excluding hydrogens is 338 g/mol. The van der Waals surface area contributed by atoms with Gasteiger partial charge in [0.2, 0.25) is 0 Å². The molecule has 0 aliphatic rings. The molecule has 0 radical (unpaired) electrons. The topological polar surface area (TPSA) is 128 Å². The summed E-state index contributed by atoms with van der Waals surface area (Å²) in [5.41, 5.74) is 6.05. The second kappa shape index (κ2) is 6.67. The van der Waals surface area contributed by atoms with Crippen molar-refractivity contribution in [2.75, 3.05) is 5.73 Å². The number of hydrogen-bond acceptors (Lipinski definition) is 5. The molecule has 0 aliphatic heterocycles. The number of nitro benzene ring substituents is 1. The van der Waals surface area contributed by atoms with Gasteiger partial charge in [0.05, 0.1) is 15.8 Å². The van der Waals surface area contributed by atoms with Crippen molar-refractivity contribution in [1.29, 1.82) is 0 Å². The molecule has 0 saturated carbocycles. The summed E-state index contributed by atoms with van der Waals surface area (Å²) >= 11 is 0. The van der Waals surface area contributed by atoms with Crippen LogP contribution in [0.5, 0.6) is 0 Å². The van der Waals surface area contributed by atoms with Crippen molar-refractivity contribution in [1.82, 2.24) is 4.57 Å². The van der Waals surface area contributed by atoms with Gasteiger partial charge in [0.25, 0.3) is 11.2 Å². The van der Waals surface area contributed by atoms with E-state index in [1.165, 1.54) is 16.7 Å². The van der Waals surface area contributed by atoms with E-state index in [0.717, 1.165) is 11.6 Å². The summed E-state index contributed by atoms with van der Waals surface area (Å²) in [5.74, 6) is -1.42. The monoisotopic (exact) mass is 353 g/mol. The van der Waals surface area contributed by atoms with E-state index in [2.05, 4.69) is 0 Å². The van der Waals surface area contributed by atoms with Crippen LogP contribution in [0, 0.1) is 10.1 Å². The molecule has 3 rings (SSSR count). The zero-order valence-corrected chi connectivity index (χ0v) is 13.6. The molecule has 0 amide bonds. The number of hydrogen-bond donors (Lipinski definition) is 2. The van der Waals surface area contributed by atoms with Crippen LogP contribution in [0.2, 0.25) is 0 Å². The highest BCUT2D eigenvalue weighted by atomic mass is 16.6. The number of aromatic nitrogens is 1. The Morgan fingerprint density at radius 3 is 2.50 bits per heavy atom. The van der Waals surface area contributed by atoms with E-state index >= 15 is 0 Å². The average Bonchev–Trinajstić information content (AvgIpc) is 2.61. The maximum absolute atomic E-state index is 12.6. The van der Waals surface area contributed by atoms with Crippen molar-refractivity contribution in [2.24, 2.45) is 0 Å². The Bertz CT molecular complexity index is 1070. The van der Waals surface area contributed by atoms with Gasteiger partial charge in [-0.3, -0.25) is 14.9 Å². The molecular formula is C18H15N3O5. The van der Waals surface area contributed by atoms with Gasteiger partial charge >= 0.3 is 5.97 Å². The Balaban J connectivity index is 2.15. The fourth-order valence-electron chi connectivity index (χ4n) is 2.84. The van der Waals surface area contributed by atoms with Crippen LogP contribution >= 0.6 is 0 Å². The minimum atomic E-state index is -1.42. The number of non-ortho nitro benzene ring substituents is 1. The summed E-state index contributed by atoms with van der Waals surface area (Å²) in [4.78, 5) is 34.7. The standard InChI is InChI=1S/C18H15N3O5/c19-12-6-4-11(5-7-12)8-9-20-15-2-1-3-16(21(25)26)13(15)10-14(17(20)22)18(23)24/h1-7,10H,8-9,19H2,(H,23,24). The van der Waals surface area contributed by atoms with Gasteiger partial charge in [0.15, 0.2) is 0 Å². The second-order valence-electron chi connectivity index (χ2n) is 5.78. The molecule has 0 aliphatic carbocycles. The van der Waals surface area contributed by atoms with Gasteiger partial charge in [0, 0.05) is 18.3 Å². The lowest BCUT2D eigenvalue weighted by Crippen LogP contribution is -2.27. The molecule has 0 bridgehead atoms. The number of nitrogen functional groups attached to an aromatic ring is 1. The van der Waals surface area contributed by atoms with Crippen LogP contribution in [0.25, 0.3) is 10.9 Å². The normalized spacial score (nSPS) is 10.8. The van der Waals surface area contributed by atoms with E-state index in [0.29, 0.717) is 17.6 Å². The Kier molecular flexibility index (Phi) is 4.40. The van der Waals surface area contributed by atoms with Crippen LogP contribution in [-0.2, 0) is 13.0 Å². The molecule has 8 heteroatoms. The van der Waals surface area contributed by atoms with Crippen molar-refractivity contribution in [3.05, 3.63) is 80.1 Å². The number of rotatable bonds is 5. The number of anilines is 1. The van der Waals surface area contributed by atoms with E-state index in [-0.39, 0.29) is 17.6 Å². The van der Waals surface area contributed by atoms with Crippen molar-refractivity contribution >= 4 is 28.2 Å². The molecule has 3 aromatic rings. The lowest BCUT2D eigenvalue weighted by molar-refractivity contribution is -0.383. The first kappa shape index (κ1) is 17.2. The van der Waals surface area contributed by atoms with Crippen LogP contribution in [-0.4, -0.2) is 20.6 Å². The Hall–Kier alpha value is -3.68. The van der Waals surface area contributed by atoms with E-state index in [1.54, 1.807) is 18.2 Å². The fourth-order valence-corrected chi connectivity index (χ4v) is 2.84. The van der Waals surface area contributed by atoms with Crippen molar-refractivity contribution in [3.8, 4) is 0 Å². The van der Waals surface area contributed by atoms with Crippen molar-refractivity contribution in [3.63, 3.8) is 0 Å². The molecule has 26 heavy (non-hydrogen) atoms. The number of aryl methyl sites for hydroxylation is 2. The van der Waals surface area contributed by atoms with Crippen LogP contribution in [0.4, 0.5) is 11.4 Å². The Labute approximate surface area is 147 Å². The predicted molar refractivity (Wildman–Crippen MR) is 96.4 cm³/mol. The number of aromatic carboxylic acids is 1. The smallest absolute Gasteiger partial charge is 0.341 e. The number of carboxylic acid groups (broad SMARTS) is 1. The minimum absolute atomic E-state index is 0.117. The van der Waals surface area contributed by atoms with Gasteiger partial charge in [0.1, 0.15) is 5.56 Å². The summed E-state index contributed by atoms with van der Waals surface area (Å²) in [6.45, 7) is 0.182. The van der Waals surface area contributed by atoms with E-state index in [1.807, 2.05) is 12.1 Å². The molecule has 132 valence electrons. The van der Waals surface area contributed by atoms with Crippen LogP contribution in [0.15, 0.2) is 53.3 Å². The Morgan fingerprint density at radius 2 is 1.88 bits per heavy atom. The minimum Gasteiger partial charge on any atom is -0.477 e. The lowest BCUT2D eigenvalue weighted by atomic mass is 10.1. The number of carbonyl (C=O) groups is 1. The molecule has 0 unspecified atom stereocenters. The molecule has 3 N–H and O–H groups in total. The number of fused-ring (bicyclic) bond motifs is 1. The third kappa shape index (κ3) is 3.12. The van der Waals surface area contributed by atoms with Crippen LogP contribution < -0.4 is 11.3 Å². The maximum Gasteiger partial charge on any atom is 0.341 e. The van der Waals surface area contributed by atoms with E-state index in [9.17, 15) is 24.8 Å². The number of nitro groups is 1. The zero-order valence-electron chi connectivity index (χ0n) is 13.6. The molecule has 0 saturated heterocycles. The summed E-state index contributed by atoms with van der Waals surface area (Å²) in [5, 5.41) is 20.7. The third-order valence-electron chi connectivity index (χ3n) is 4.15. The summed E-state index contributed by atoms with van der Waals surface area (Å²) in [6.07, 6.45) is 0.445. The predicted octanol–water partition coefficient (Wildman–Crippen LogP) is 2.43. The molecule has 0 fully saturated rings. The highest BCUT2D eigenvalue weighted by molar-refractivity contribution is 5.96. The molecule has 0 atom stereocenters. The number of nitrogens with zero attached hydrogens (tertiary/aromatic N) is 2. The fraction of sp³-hybridized carbons (Fsp3) is 0.111. The largest absolute Gasteiger partial charge is 0.477 e. The number of benzene rings is 2. The number of nitrogens with two attached hydrogens (primary N) is 1. The van der Waals surface area contributed by atoms with E-state index < -0.39 is 22.0 Å². The van der Waals surface area contributed by atoms with Gasteiger partial charge < -0.3 is 15.4 Å². The second-order valence-corrected chi connectivity index (χ2v) is 5.78. The molecule has 1 heterocycles. The maximum atomic E-state index is 12.6. The van der Waals surface area contributed by atoms with Gasteiger partial charge in [-0.05, 0) is 36.2 Å². The average molecular weight is 353 g/mol. The van der Waals surface area contributed by atoms with Gasteiger partial charge in [-0.25, -0.2) is 4.79 Å². The molecule has 8 nitrogen and oxygen atoms in total. The lowest BCUT2D eigenvalue weighted by Gasteiger charge is -2.12. The molecule has 1 aromatic heterocycles. The SMILES string of the molecule is Nc1ccc(CCn2c(=O)c(C(=O)O)cc3c([N+](=O)[O-])cccc32)cc1. The highest BCUT2D eigenvalue weighted by Crippen LogP contribution is 2.25. The quantitative estimate of drug-likeness (QED) is 0.412. The summed E-state index contributed by atoms with van der Waals surface area (Å²) < 4.78 is 1.27. The van der Waals surface area contributed by atoms with Crippen LogP contribution in [0.3, 0.4) is 0 Å². The van der Waals surface area contributed by atoms with Crippen LogP contribution in [0.1, 0.15) is 15.9 Å². The van der Waals surface area contributed by atoms with Gasteiger partial charge in [-0.15, -0.1) is 0 Å². The van der Waals surface area contributed by atoms with Gasteiger partial charge in [-0.2, -0.15) is 0 Å². The molecule has 2 aromatic carbocycles. The number of carboxylic acids is 1. The van der Waals surface area contributed by atoms with Crippen molar-refractivity contribution in [2.45, 2.75) is 13.0 Å². The van der Waals surface area contributed by atoms with Gasteiger partial charge in [-0.1, -0.05) is 18.2 Å². The Morgan fingerprint density at radius 1 is 1.19 bits per heavy atom. The third-order valence-corrected chi connectivity index (χ3v) is 4.15. The molecule has 0 spiro atoms. The summed E-state index contributed by atoms with van der Waals surface area (Å²) in [6, 6.07) is 12.5. The first-order chi connectivity index (χ1) is 12.4.